The van der Waals surface area contributed by atoms with Crippen molar-refractivity contribution in [2.24, 2.45) is 0 Å². The van der Waals surface area contributed by atoms with Crippen LogP contribution in [0.1, 0.15) is 0 Å². The van der Waals surface area contributed by atoms with Gasteiger partial charge in [-0.25, -0.2) is 0 Å². The average Bonchev–Trinajstić information content (AvgIpc) is 1.68. The molecule has 0 fully saturated rings. The first-order chi connectivity index (χ1) is 3.31. The molecule has 0 saturated carbocycles. The molecule has 0 bridgehead atoms. The molecule has 0 aromatic rings. The minimum absolute atomic E-state index is 0.635. The van der Waals surface area contributed by atoms with Crippen molar-refractivity contribution in [3.05, 3.63) is 12.7 Å². The van der Waals surface area contributed by atoms with Gasteiger partial charge in [-0.2, -0.15) is 0 Å². The van der Waals surface area contributed by atoms with E-state index < -0.39 is 9.28 Å². The molecular formula is C4H10O2Si. The van der Waals surface area contributed by atoms with E-state index in [0.717, 1.165) is 0 Å². The molecule has 0 aromatic heterocycles. The average molecular weight is 118 g/mol. The molecule has 0 spiro atoms. The molecule has 0 aromatic carbocycles. The molecule has 1 atom stereocenters. The first-order valence-electron chi connectivity index (χ1n) is 2.13. The van der Waals surface area contributed by atoms with E-state index in [1.165, 1.54) is 7.11 Å². The van der Waals surface area contributed by atoms with Crippen LogP contribution >= 0.6 is 0 Å². The molecular weight excluding hydrogens is 108 g/mol. The lowest BCUT2D eigenvalue weighted by molar-refractivity contribution is 0.330. The van der Waals surface area contributed by atoms with Gasteiger partial charge in [0.05, 0.1) is 0 Å². The van der Waals surface area contributed by atoms with Gasteiger partial charge in [-0.1, -0.05) is 6.08 Å². The maximum atomic E-state index is 8.70. The van der Waals surface area contributed by atoms with Crippen molar-refractivity contribution in [3.63, 3.8) is 0 Å². The van der Waals surface area contributed by atoms with Gasteiger partial charge in [0, 0.05) is 13.2 Å². The molecule has 1 N–H and O–H groups in total. The van der Waals surface area contributed by atoms with Gasteiger partial charge < -0.3 is 9.22 Å². The predicted molar refractivity (Wildman–Crippen MR) is 31.4 cm³/mol. The molecule has 0 heterocycles. The molecule has 1 unspecified atom stereocenters. The summed E-state index contributed by atoms with van der Waals surface area (Å²) in [5, 5.41) is 0. The summed E-state index contributed by atoms with van der Waals surface area (Å²) in [7, 11) is -0.285. The third kappa shape index (κ3) is 3.71. The Morgan fingerprint density at radius 2 is 2.57 bits per heavy atom. The molecule has 7 heavy (non-hydrogen) atoms. The molecule has 0 aliphatic carbocycles. The Hall–Kier alpha value is -0.123. The van der Waals surface area contributed by atoms with Crippen LogP contribution in [0, 0.1) is 0 Å². The molecule has 0 amide bonds. The van der Waals surface area contributed by atoms with E-state index in [2.05, 4.69) is 11.0 Å². The summed E-state index contributed by atoms with van der Waals surface area (Å²) < 4.78 is 4.61. The van der Waals surface area contributed by atoms with E-state index in [4.69, 9.17) is 4.80 Å². The Balaban J connectivity index is 2.98. The summed E-state index contributed by atoms with van der Waals surface area (Å²) in [6, 6.07) is 0.635. The monoisotopic (exact) mass is 118 g/mol. The second-order valence-corrected chi connectivity index (χ2v) is 3.07. The molecule has 2 nitrogen and oxygen atoms in total. The van der Waals surface area contributed by atoms with Crippen LogP contribution in [0.5, 0.6) is 0 Å². The number of hydrogen-bond donors (Lipinski definition) is 1. The van der Waals surface area contributed by atoms with Crippen molar-refractivity contribution in [1.29, 1.82) is 0 Å². The number of rotatable bonds is 3. The van der Waals surface area contributed by atoms with E-state index in [1.807, 2.05) is 0 Å². The topological polar surface area (TPSA) is 29.5 Å². The van der Waals surface area contributed by atoms with Gasteiger partial charge in [0.2, 0.25) is 0 Å². The molecule has 0 radical (unpaired) electrons. The Morgan fingerprint density at radius 1 is 2.00 bits per heavy atom. The maximum absolute atomic E-state index is 8.70. The lowest BCUT2D eigenvalue weighted by Crippen LogP contribution is -2.12. The molecule has 0 saturated heterocycles. The molecule has 3 heteroatoms. The van der Waals surface area contributed by atoms with Crippen molar-refractivity contribution < 1.29 is 9.22 Å². The highest BCUT2D eigenvalue weighted by Gasteiger charge is 1.98. The summed E-state index contributed by atoms with van der Waals surface area (Å²) in [5.74, 6) is 0. The van der Waals surface area contributed by atoms with E-state index in [0.29, 0.717) is 6.04 Å². The van der Waals surface area contributed by atoms with Crippen LogP contribution in [0.15, 0.2) is 12.7 Å². The molecule has 0 rings (SSSR count). The first-order valence-corrected chi connectivity index (χ1v) is 3.93. The van der Waals surface area contributed by atoms with E-state index in [9.17, 15) is 0 Å². The summed E-state index contributed by atoms with van der Waals surface area (Å²) in [4.78, 5) is 8.70. The van der Waals surface area contributed by atoms with E-state index in [-0.39, 0.29) is 0 Å². The third-order valence-corrected chi connectivity index (χ3v) is 1.92. The normalized spacial score (nSPS) is 13.4. The van der Waals surface area contributed by atoms with Crippen LogP contribution in [0.25, 0.3) is 0 Å². The fourth-order valence-corrected chi connectivity index (χ4v) is 0.716. The minimum atomic E-state index is -1.80. The minimum Gasteiger partial charge on any atom is -0.413 e. The Kier molecular flexibility index (Phi) is 3.98. The van der Waals surface area contributed by atoms with Crippen molar-refractivity contribution in [1.82, 2.24) is 0 Å². The first kappa shape index (κ1) is 6.88. The molecule has 42 valence electrons. The lowest BCUT2D eigenvalue weighted by atomic mass is 10.8. The van der Waals surface area contributed by atoms with Crippen LogP contribution < -0.4 is 0 Å². The highest BCUT2D eigenvalue weighted by atomic mass is 28.3. The van der Waals surface area contributed by atoms with Gasteiger partial charge in [-0.05, 0) is 0 Å². The zero-order valence-electron chi connectivity index (χ0n) is 4.42. The fraction of sp³-hybridized carbons (Fsp3) is 0.500. The maximum Gasteiger partial charge on any atom is 0.322 e. The molecule has 0 aliphatic heterocycles. The van der Waals surface area contributed by atoms with Gasteiger partial charge in [0.25, 0.3) is 0 Å². The zero-order valence-corrected chi connectivity index (χ0v) is 5.58. The van der Waals surface area contributed by atoms with Crippen LogP contribution in [-0.2, 0) is 4.43 Å². The Bertz CT molecular complexity index is 55.7. The van der Waals surface area contributed by atoms with Crippen molar-refractivity contribution in [3.8, 4) is 0 Å². The van der Waals surface area contributed by atoms with Gasteiger partial charge in [-0.3, -0.25) is 0 Å². The zero-order chi connectivity index (χ0) is 5.70. The van der Waals surface area contributed by atoms with Gasteiger partial charge >= 0.3 is 9.28 Å². The standard InChI is InChI=1S/C4H10O2Si/c1-3-4-7(5)6-2/h3,5,7H,1,4H2,2H3. The number of hydrogen-bond acceptors (Lipinski definition) is 2. The summed E-state index contributed by atoms with van der Waals surface area (Å²) >= 11 is 0. The number of allylic oxidation sites excluding steroid dienone is 1. The summed E-state index contributed by atoms with van der Waals surface area (Å²) in [5.41, 5.74) is 0. The molecule has 0 aliphatic rings. The van der Waals surface area contributed by atoms with Crippen LogP contribution in [0.3, 0.4) is 0 Å². The van der Waals surface area contributed by atoms with E-state index >= 15 is 0 Å². The fourth-order valence-electron chi connectivity index (χ4n) is 0.239. The van der Waals surface area contributed by atoms with Crippen molar-refractivity contribution in [2.45, 2.75) is 6.04 Å². The quantitative estimate of drug-likeness (QED) is 0.418. The van der Waals surface area contributed by atoms with Crippen molar-refractivity contribution >= 4 is 9.28 Å². The predicted octanol–water partition coefficient (Wildman–Crippen LogP) is 0.0316. The summed E-state index contributed by atoms with van der Waals surface area (Å²) in [6.45, 7) is 3.44. The van der Waals surface area contributed by atoms with Crippen LogP contribution in [0.2, 0.25) is 6.04 Å². The Labute approximate surface area is 45.3 Å². The largest absolute Gasteiger partial charge is 0.413 e. The second-order valence-electron chi connectivity index (χ2n) is 1.21. The lowest BCUT2D eigenvalue weighted by Gasteiger charge is -1.98. The van der Waals surface area contributed by atoms with Gasteiger partial charge in [0.1, 0.15) is 0 Å². The smallest absolute Gasteiger partial charge is 0.322 e. The second kappa shape index (κ2) is 4.05. The van der Waals surface area contributed by atoms with E-state index in [1.54, 1.807) is 6.08 Å². The third-order valence-electron chi connectivity index (χ3n) is 0.640. The van der Waals surface area contributed by atoms with Crippen LogP contribution in [0.4, 0.5) is 0 Å². The summed E-state index contributed by atoms with van der Waals surface area (Å²) in [6.07, 6.45) is 1.67. The highest BCUT2D eigenvalue weighted by molar-refractivity contribution is 6.43. The van der Waals surface area contributed by atoms with Crippen LogP contribution in [-0.4, -0.2) is 21.2 Å². The van der Waals surface area contributed by atoms with Gasteiger partial charge in [-0.15, -0.1) is 6.58 Å². The Morgan fingerprint density at radius 3 is 2.71 bits per heavy atom. The SMILES string of the molecule is C=CC[SiH](O)OC. The van der Waals surface area contributed by atoms with Gasteiger partial charge in [0.15, 0.2) is 0 Å². The highest BCUT2D eigenvalue weighted by Crippen LogP contribution is 1.86. The van der Waals surface area contributed by atoms with Crippen molar-refractivity contribution in [2.75, 3.05) is 7.11 Å².